The summed E-state index contributed by atoms with van der Waals surface area (Å²) in [7, 11) is 0. The van der Waals surface area contributed by atoms with Gasteiger partial charge < -0.3 is 10.2 Å². The Kier molecular flexibility index (Phi) is 7.54. The number of alkyl halides is 3. The number of H-pyrrole nitrogens is 1. The molecule has 41 heavy (non-hydrogen) atoms. The van der Waals surface area contributed by atoms with Crippen LogP contribution in [0.2, 0.25) is 0 Å². The average Bonchev–Trinajstić information content (AvgIpc) is 3.31. The third kappa shape index (κ3) is 5.93. The number of aryl methyl sites for hydroxylation is 1. The Morgan fingerprint density at radius 1 is 1.15 bits per heavy atom. The number of amides is 2. The number of likely N-dealkylation sites (tertiary alicyclic amines) is 1. The van der Waals surface area contributed by atoms with E-state index < -0.39 is 78.5 Å². The summed E-state index contributed by atoms with van der Waals surface area (Å²) >= 11 is 0. The molecule has 1 aliphatic heterocycles. The maximum atomic E-state index is 15.0. The van der Waals surface area contributed by atoms with Gasteiger partial charge in [0.2, 0.25) is 23.7 Å². The fraction of sp³-hybridized carbons (Fsp3) is 0.393. The highest BCUT2D eigenvalue weighted by molar-refractivity contribution is 5.88. The quantitative estimate of drug-likeness (QED) is 0.333. The van der Waals surface area contributed by atoms with Crippen molar-refractivity contribution in [2.75, 3.05) is 6.54 Å². The van der Waals surface area contributed by atoms with Gasteiger partial charge in [-0.1, -0.05) is 36.4 Å². The summed E-state index contributed by atoms with van der Waals surface area (Å²) in [6, 6.07) is 9.09. The van der Waals surface area contributed by atoms with Crippen LogP contribution in [0.15, 0.2) is 58.3 Å². The molecule has 0 radical (unpaired) electrons. The molecule has 3 aromatic rings. The summed E-state index contributed by atoms with van der Waals surface area (Å²) < 4.78 is 57.2. The van der Waals surface area contributed by atoms with Crippen LogP contribution in [0, 0.1) is 12.9 Å². The van der Waals surface area contributed by atoms with Crippen molar-refractivity contribution in [1.29, 1.82) is 0 Å². The van der Waals surface area contributed by atoms with Crippen molar-refractivity contribution in [3.8, 4) is 0 Å². The van der Waals surface area contributed by atoms with E-state index in [0.29, 0.717) is 5.56 Å². The minimum absolute atomic E-state index is 0.0679. The van der Waals surface area contributed by atoms with Crippen molar-refractivity contribution < 1.29 is 27.2 Å². The third-order valence-corrected chi connectivity index (χ3v) is 7.51. The Balaban J connectivity index is 1.38. The van der Waals surface area contributed by atoms with Gasteiger partial charge in [-0.2, -0.15) is 4.39 Å². The van der Waals surface area contributed by atoms with Crippen LogP contribution >= 0.6 is 0 Å². The van der Waals surface area contributed by atoms with Gasteiger partial charge in [0.25, 0.3) is 5.56 Å². The fourth-order valence-corrected chi connectivity index (χ4v) is 5.30. The van der Waals surface area contributed by atoms with E-state index >= 15 is 0 Å². The molecule has 1 aromatic carbocycles. The first-order valence-electron chi connectivity index (χ1n) is 13.1. The largest absolute Gasteiger partial charge is 0.342 e. The number of carbonyl (C=O) groups is 2. The SMILES string of the molecule is Cc1cn(CC(=O)N2CC(F)CC2C(=O)NC(c2ccccc2)c2ccc(C3CC(F)(F)C3)c(F)n2)c(=O)[nH]c1=O. The number of nitrogens with zero attached hydrogens (tertiary/aromatic N) is 3. The second-order valence-electron chi connectivity index (χ2n) is 10.5. The molecule has 1 aliphatic carbocycles. The van der Waals surface area contributed by atoms with Gasteiger partial charge in [-0.05, 0) is 24.5 Å². The van der Waals surface area contributed by atoms with Gasteiger partial charge in [0.1, 0.15) is 18.8 Å². The molecule has 3 atom stereocenters. The number of nitrogens with one attached hydrogen (secondary N) is 2. The van der Waals surface area contributed by atoms with Crippen molar-refractivity contribution in [3.63, 3.8) is 0 Å². The summed E-state index contributed by atoms with van der Waals surface area (Å²) in [5.41, 5.74) is -0.537. The number of carbonyl (C=O) groups excluding carboxylic acids is 2. The van der Waals surface area contributed by atoms with Crippen molar-refractivity contribution in [3.05, 3.63) is 97.8 Å². The lowest BCUT2D eigenvalue weighted by atomic mass is 9.77. The molecule has 216 valence electrons. The van der Waals surface area contributed by atoms with Crippen LogP contribution < -0.4 is 16.6 Å². The lowest BCUT2D eigenvalue weighted by Gasteiger charge is -2.35. The van der Waals surface area contributed by atoms with Crippen molar-refractivity contribution >= 4 is 11.8 Å². The lowest BCUT2D eigenvalue weighted by Crippen LogP contribution is -2.48. The number of benzene rings is 1. The highest BCUT2D eigenvalue weighted by Gasteiger charge is 2.47. The topological polar surface area (TPSA) is 117 Å². The highest BCUT2D eigenvalue weighted by atomic mass is 19.3. The van der Waals surface area contributed by atoms with E-state index in [0.717, 1.165) is 9.47 Å². The molecular formula is C28H27F4N5O4. The van der Waals surface area contributed by atoms with Crippen LogP contribution in [-0.2, 0) is 16.1 Å². The standard InChI is InChI=1S/C28H27F4N5O4/c1-15-12-36(27(41)35-25(15)39)14-22(38)37-13-18(29)9-21(37)26(40)34-23(16-5-3-2-4-6-16)20-8-7-19(24(30)33-20)17-10-28(31,32)11-17/h2-8,12,17-18,21,23H,9-11,13-14H2,1H3,(H,34,40)(H,35,39,41). The number of hydrogen-bond donors (Lipinski definition) is 2. The molecule has 2 N–H and O–H groups in total. The summed E-state index contributed by atoms with van der Waals surface area (Å²) in [6.45, 7) is 0.554. The molecule has 0 spiro atoms. The zero-order valence-electron chi connectivity index (χ0n) is 22.0. The van der Waals surface area contributed by atoms with Crippen molar-refractivity contribution in [1.82, 2.24) is 24.8 Å². The normalized spacial score (nSPS) is 20.9. The summed E-state index contributed by atoms with van der Waals surface area (Å²) in [4.78, 5) is 57.4. The van der Waals surface area contributed by atoms with E-state index in [2.05, 4.69) is 15.3 Å². The number of aromatic nitrogens is 3. The van der Waals surface area contributed by atoms with Crippen LogP contribution in [0.1, 0.15) is 53.6 Å². The average molecular weight is 574 g/mol. The molecule has 1 saturated carbocycles. The smallest absolute Gasteiger partial charge is 0.328 e. The fourth-order valence-electron chi connectivity index (χ4n) is 5.30. The number of hydrogen-bond acceptors (Lipinski definition) is 5. The van der Waals surface area contributed by atoms with Crippen molar-refractivity contribution in [2.24, 2.45) is 0 Å². The number of rotatable bonds is 7. The van der Waals surface area contributed by atoms with Gasteiger partial charge in [-0.3, -0.25) is 23.9 Å². The Labute approximate surface area is 231 Å². The van der Waals surface area contributed by atoms with Crippen LogP contribution in [0.5, 0.6) is 0 Å². The maximum Gasteiger partial charge on any atom is 0.328 e. The first-order valence-corrected chi connectivity index (χ1v) is 13.1. The number of pyridine rings is 1. The predicted octanol–water partition coefficient (Wildman–Crippen LogP) is 2.74. The molecule has 3 unspecified atom stereocenters. The second kappa shape index (κ2) is 10.9. The van der Waals surface area contributed by atoms with Gasteiger partial charge in [-0.15, -0.1) is 0 Å². The van der Waals surface area contributed by atoms with Gasteiger partial charge >= 0.3 is 5.69 Å². The summed E-state index contributed by atoms with van der Waals surface area (Å²) in [5.74, 6) is -5.83. The molecule has 3 heterocycles. The van der Waals surface area contributed by atoms with Gasteiger partial charge in [0.05, 0.1) is 18.3 Å². The molecular weight excluding hydrogens is 546 g/mol. The number of halogens is 4. The summed E-state index contributed by atoms with van der Waals surface area (Å²) in [5, 5.41) is 2.74. The zero-order chi connectivity index (χ0) is 29.5. The van der Waals surface area contributed by atoms with Crippen LogP contribution in [0.3, 0.4) is 0 Å². The zero-order valence-corrected chi connectivity index (χ0v) is 22.0. The van der Waals surface area contributed by atoms with E-state index in [-0.39, 0.29) is 29.8 Å². The summed E-state index contributed by atoms with van der Waals surface area (Å²) in [6.07, 6.45) is -1.53. The maximum absolute atomic E-state index is 15.0. The van der Waals surface area contributed by atoms with Crippen molar-refractivity contribution in [2.45, 2.75) is 62.8 Å². The molecule has 0 bridgehead atoms. The third-order valence-electron chi connectivity index (χ3n) is 7.51. The molecule has 13 heteroatoms. The van der Waals surface area contributed by atoms with E-state index in [9.17, 15) is 36.7 Å². The minimum atomic E-state index is -2.83. The molecule has 1 saturated heterocycles. The van der Waals surface area contributed by atoms with E-state index in [1.54, 1.807) is 30.3 Å². The Morgan fingerprint density at radius 2 is 1.85 bits per heavy atom. The molecule has 9 nitrogen and oxygen atoms in total. The van der Waals surface area contributed by atoms with Gasteiger partial charge in [0.15, 0.2) is 0 Å². The van der Waals surface area contributed by atoms with Crippen LogP contribution in [-0.4, -0.2) is 55.9 Å². The Bertz CT molecular complexity index is 1580. The predicted molar refractivity (Wildman–Crippen MR) is 139 cm³/mol. The minimum Gasteiger partial charge on any atom is -0.342 e. The lowest BCUT2D eigenvalue weighted by molar-refractivity contribution is -0.139. The van der Waals surface area contributed by atoms with Gasteiger partial charge in [-0.25, -0.2) is 22.9 Å². The first-order chi connectivity index (χ1) is 19.4. The molecule has 5 rings (SSSR count). The Hall–Kier alpha value is -4.29. The Morgan fingerprint density at radius 3 is 2.51 bits per heavy atom. The van der Waals surface area contributed by atoms with Crippen LogP contribution in [0.25, 0.3) is 0 Å². The van der Waals surface area contributed by atoms with Crippen LogP contribution in [0.4, 0.5) is 17.6 Å². The monoisotopic (exact) mass is 573 g/mol. The first kappa shape index (κ1) is 28.2. The van der Waals surface area contributed by atoms with E-state index in [1.807, 2.05) is 0 Å². The molecule has 2 aromatic heterocycles. The number of aromatic amines is 1. The van der Waals surface area contributed by atoms with Gasteiger partial charge in [0, 0.05) is 36.6 Å². The second-order valence-corrected chi connectivity index (χ2v) is 10.5. The highest BCUT2D eigenvalue weighted by Crippen LogP contribution is 2.48. The van der Waals surface area contributed by atoms with E-state index in [1.165, 1.54) is 25.3 Å². The molecule has 2 fully saturated rings. The molecule has 2 aliphatic rings. The van der Waals surface area contributed by atoms with E-state index in [4.69, 9.17) is 0 Å². The molecule has 2 amide bonds.